The predicted octanol–water partition coefficient (Wildman–Crippen LogP) is 3.46. The summed E-state index contributed by atoms with van der Waals surface area (Å²) in [6.07, 6.45) is 3.45. The van der Waals surface area contributed by atoms with Crippen molar-refractivity contribution in [3.05, 3.63) is 47.3 Å². The van der Waals surface area contributed by atoms with E-state index in [1.54, 1.807) is 0 Å². The highest BCUT2D eigenvalue weighted by Gasteiger charge is 2.05. The van der Waals surface area contributed by atoms with Crippen LogP contribution in [0, 0.1) is 0 Å². The van der Waals surface area contributed by atoms with E-state index in [0.717, 1.165) is 6.42 Å². The molecule has 0 atom stereocenters. The molecule has 1 heteroatoms. The van der Waals surface area contributed by atoms with Crippen LogP contribution in [0.1, 0.15) is 18.9 Å². The van der Waals surface area contributed by atoms with Crippen molar-refractivity contribution in [1.29, 1.82) is 0 Å². The van der Waals surface area contributed by atoms with E-state index in [1.165, 1.54) is 24.4 Å². The average molecular weight is 174 g/mol. The average Bonchev–Trinajstić information content (AvgIpc) is 2.54. The zero-order chi connectivity index (χ0) is 8.39. The van der Waals surface area contributed by atoms with Gasteiger partial charge in [0.15, 0.2) is 0 Å². The number of allylic oxidation sites excluding steroid dienone is 2. The van der Waals surface area contributed by atoms with E-state index in [2.05, 4.69) is 43.3 Å². The Morgan fingerprint density at radius 1 is 1.17 bits per heavy atom. The van der Waals surface area contributed by atoms with Gasteiger partial charge >= 0.3 is 0 Å². The Morgan fingerprint density at radius 3 is 2.50 bits per heavy atom. The van der Waals surface area contributed by atoms with Gasteiger partial charge < -0.3 is 0 Å². The minimum absolute atomic E-state index is 1.14. The van der Waals surface area contributed by atoms with E-state index in [9.17, 15) is 0 Å². The second-order valence-electron chi connectivity index (χ2n) is 2.97. The first kappa shape index (κ1) is 7.76. The van der Waals surface area contributed by atoms with E-state index in [4.69, 9.17) is 0 Å². The molecule has 0 aromatic heterocycles. The van der Waals surface area contributed by atoms with Crippen LogP contribution in [0.25, 0.3) is 0 Å². The highest BCUT2D eigenvalue weighted by molar-refractivity contribution is 7.46. The van der Waals surface area contributed by atoms with Crippen LogP contribution in [0.4, 0.5) is 0 Å². The fourth-order valence-corrected chi connectivity index (χ4v) is 2.43. The summed E-state index contributed by atoms with van der Waals surface area (Å²) in [5, 5.41) is 3.02. The van der Waals surface area contributed by atoms with Crippen molar-refractivity contribution in [2.24, 2.45) is 0 Å². The van der Waals surface area contributed by atoms with Gasteiger partial charge in [0.25, 0.3) is 0 Å². The molecule has 1 aliphatic rings. The predicted molar refractivity (Wildman–Crippen MR) is 55.8 cm³/mol. The van der Waals surface area contributed by atoms with E-state index < -0.39 is 0 Å². The molecule has 0 spiro atoms. The summed E-state index contributed by atoms with van der Waals surface area (Å²) in [6, 6.07) is 10.6. The Balaban J connectivity index is 2.30. The van der Waals surface area contributed by atoms with E-state index >= 15 is 0 Å². The SMILES string of the molecule is CC1=CCC(c2ccccc2)=P1. The van der Waals surface area contributed by atoms with Gasteiger partial charge in [0.1, 0.15) is 0 Å². The minimum Gasteiger partial charge on any atom is -0.0722 e. The highest BCUT2D eigenvalue weighted by atomic mass is 31.1. The highest BCUT2D eigenvalue weighted by Crippen LogP contribution is 2.27. The van der Waals surface area contributed by atoms with Crippen LogP contribution in [-0.2, 0) is 0 Å². The maximum atomic E-state index is 2.31. The summed E-state index contributed by atoms with van der Waals surface area (Å²) >= 11 is 0. The molecule has 1 heterocycles. The molecular formula is C11H11P. The van der Waals surface area contributed by atoms with E-state index in [0.29, 0.717) is 0 Å². The van der Waals surface area contributed by atoms with Crippen molar-refractivity contribution in [2.75, 3.05) is 0 Å². The second-order valence-corrected chi connectivity index (χ2v) is 4.44. The normalized spacial score (nSPS) is 17.1. The molecule has 1 aromatic rings. The van der Waals surface area contributed by atoms with Gasteiger partial charge in [0.05, 0.1) is 0 Å². The van der Waals surface area contributed by atoms with E-state index in [1.807, 2.05) is 0 Å². The molecule has 60 valence electrons. The van der Waals surface area contributed by atoms with Crippen LogP contribution in [0.15, 0.2) is 41.7 Å². The molecule has 0 fully saturated rings. The summed E-state index contributed by atoms with van der Waals surface area (Å²) in [6.45, 7) is 2.19. The first-order valence-corrected chi connectivity index (χ1v) is 5.05. The lowest BCUT2D eigenvalue weighted by atomic mass is 10.1. The van der Waals surface area contributed by atoms with Gasteiger partial charge in [-0.1, -0.05) is 44.6 Å². The molecular weight excluding hydrogens is 163 g/mol. The van der Waals surface area contributed by atoms with Crippen LogP contribution < -0.4 is 0 Å². The van der Waals surface area contributed by atoms with Crippen molar-refractivity contribution in [2.45, 2.75) is 13.3 Å². The first-order chi connectivity index (χ1) is 5.86. The summed E-state index contributed by atoms with van der Waals surface area (Å²) in [7, 11) is 1.41. The van der Waals surface area contributed by atoms with Crippen molar-refractivity contribution in [1.82, 2.24) is 0 Å². The molecule has 1 aromatic carbocycles. The van der Waals surface area contributed by atoms with Gasteiger partial charge in [-0.15, -0.1) is 0 Å². The molecule has 0 saturated carbocycles. The molecule has 0 amide bonds. The van der Waals surface area contributed by atoms with Crippen LogP contribution >= 0.6 is 8.20 Å². The fourth-order valence-electron chi connectivity index (χ4n) is 1.36. The zero-order valence-corrected chi connectivity index (χ0v) is 8.01. The summed E-state index contributed by atoms with van der Waals surface area (Å²) in [4.78, 5) is 0. The molecule has 0 aliphatic carbocycles. The molecule has 12 heavy (non-hydrogen) atoms. The Kier molecular flexibility index (Phi) is 2.10. The van der Waals surface area contributed by atoms with Crippen LogP contribution in [0.3, 0.4) is 0 Å². The van der Waals surface area contributed by atoms with Gasteiger partial charge in [-0.25, -0.2) is 0 Å². The van der Waals surface area contributed by atoms with Crippen molar-refractivity contribution in [3.8, 4) is 0 Å². The number of rotatable bonds is 1. The third kappa shape index (κ3) is 1.49. The second kappa shape index (κ2) is 3.25. The smallest absolute Gasteiger partial charge is 0.00385 e. The lowest BCUT2D eigenvalue weighted by molar-refractivity contribution is 1.47. The quantitative estimate of drug-likeness (QED) is 0.572. The largest absolute Gasteiger partial charge is 0.0722 e. The van der Waals surface area contributed by atoms with Gasteiger partial charge in [-0.2, -0.15) is 0 Å². The topological polar surface area (TPSA) is 0 Å². The van der Waals surface area contributed by atoms with Crippen LogP contribution in [0.5, 0.6) is 0 Å². The number of hydrogen-bond donors (Lipinski definition) is 0. The molecule has 0 nitrogen and oxygen atoms in total. The Labute approximate surface area is 74.7 Å². The van der Waals surface area contributed by atoms with Gasteiger partial charge in [-0.05, 0) is 29.5 Å². The maximum Gasteiger partial charge on any atom is -0.00385 e. The summed E-state index contributed by atoms with van der Waals surface area (Å²) in [5.41, 5.74) is 1.40. The summed E-state index contributed by atoms with van der Waals surface area (Å²) < 4.78 is 0. The Hall–Kier alpha value is -0.870. The first-order valence-electron chi connectivity index (χ1n) is 4.16. The maximum absolute atomic E-state index is 2.31. The lowest BCUT2D eigenvalue weighted by Gasteiger charge is -1.98. The number of benzene rings is 1. The van der Waals surface area contributed by atoms with Gasteiger partial charge in [0, 0.05) is 0 Å². The van der Waals surface area contributed by atoms with Crippen molar-refractivity contribution < 1.29 is 0 Å². The third-order valence-corrected chi connectivity index (χ3v) is 3.26. The van der Waals surface area contributed by atoms with Crippen molar-refractivity contribution in [3.63, 3.8) is 0 Å². The van der Waals surface area contributed by atoms with Crippen molar-refractivity contribution >= 4 is 13.5 Å². The molecule has 0 N–H and O–H groups in total. The summed E-state index contributed by atoms with van der Waals surface area (Å²) in [5.74, 6) is 0. The van der Waals surface area contributed by atoms with Gasteiger partial charge in [-0.3, -0.25) is 0 Å². The monoisotopic (exact) mass is 174 g/mol. The van der Waals surface area contributed by atoms with E-state index in [-0.39, 0.29) is 0 Å². The molecule has 0 bridgehead atoms. The Bertz CT molecular complexity index is 333. The molecule has 2 rings (SSSR count). The lowest BCUT2D eigenvalue weighted by Crippen LogP contribution is -1.91. The van der Waals surface area contributed by atoms with Crippen LogP contribution in [0.2, 0.25) is 0 Å². The molecule has 0 radical (unpaired) electrons. The fraction of sp³-hybridized carbons (Fsp3) is 0.182. The standard InChI is InChI=1S/C11H11P/c1-9-7-8-11(12-9)10-5-3-2-4-6-10/h2-7H,8H2,1H3. The Morgan fingerprint density at radius 2 is 1.92 bits per heavy atom. The molecule has 1 aliphatic heterocycles. The van der Waals surface area contributed by atoms with Crippen LogP contribution in [-0.4, -0.2) is 5.29 Å². The zero-order valence-electron chi connectivity index (χ0n) is 7.12. The molecule has 0 saturated heterocycles. The third-order valence-electron chi connectivity index (χ3n) is 2.01. The van der Waals surface area contributed by atoms with Gasteiger partial charge in [0.2, 0.25) is 0 Å². The minimum atomic E-state index is 1.14. The molecule has 0 unspecified atom stereocenters. The number of hydrogen-bond acceptors (Lipinski definition) is 0.